The van der Waals surface area contributed by atoms with Crippen LogP contribution in [0.3, 0.4) is 0 Å². The van der Waals surface area contributed by atoms with Crippen molar-refractivity contribution >= 4 is 47.8 Å². The predicted octanol–water partition coefficient (Wildman–Crippen LogP) is 0.356. The quantitative estimate of drug-likeness (QED) is 0.589. The molecule has 6 nitrogen and oxygen atoms in total. The molecule has 0 amide bonds. The number of halogens is 3. The van der Waals surface area contributed by atoms with Crippen LogP contribution in [0.15, 0.2) is 14.4 Å². The second-order valence-corrected chi connectivity index (χ2v) is 5.75. The highest BCUT2D eigenvalue weighted by Gasteiger charge is 2.13. The maximum atomic E-state index is 12.0. The lowest BCUT2D eigenvalue weighted by atomic mass is 10.6. The fraction of sp³-hybridized carbons (Fsp3) is 0.667. The molecule has 102 valence electrons. The van der Waals surface area contributed by atoms with Gasteiger partial charge >= 0.3 is 17.1 Å². The van der Waals surface area contributed by atoms with Crippen molar-refractivity contribution in [2.75, 3.05) is 16.0 Å². The molecular weight excluding hydrogens is 438 g/mol. The maximum absolute atomic E-state index is 12.0. The van der Waals surface area contributed by atoms with Crippen molar-refractivity contribution < 1.29 is 0 Å². The SMILES string of the molecule is O=c1n(CCBr)c(=O)n(CCBr)c(=O)n1CCBr. The molecule has 18 heavy (non-hydrogen) atoms. The molecule has 0 radical (unpaired) electrons. The van der Waals surface area contributed by atoms with Crippen LogP contribution >= 0.6 is 47.8 Å². The summed E-state index contributed by atoms with van der Waals surface area (Å²) in [5, 5.41) is 1.43. The average molecular weight is 450 g/mol. The first-order chi connectivity index (χ1) is 8.58. The van der Waals surface area contributed by atoms with Crippen LogP contribution in [-0.2, 0) is 19.6 Å². The van der Waals surface area contributed by atoms with Crippen LogP contribution in [0.2, 0.25) is 0 Å². The highest BCUT2D eigenvalue weighted by atomic mass is 79.9. The largest absolute Gasteiger partial charge is 0.336 e. The van der Waals surface area contributed by atoms with E-state index in [1.165, 1.54) is 0 Å². The summed E-state index contributed by atoms with van der Waals surface area (Å²) in [5.41, 5.74) is -1.68. The minimum atomic E-state index is -0.560. The molecule has 0 aliphatic carbocycles. The van der Waals surface area contributed by atoms with Crippen LogP contribution in [0.5, 0.6) is 0 Å². The lowest BCUT2D eigenvalue weighted by Crippen LogP contribution is -2.55. The third-order valence-corrected chi connectivity index (χ3v) is 3.37. The van der Waals surface area contributed by atoms with E-state index in [0.29, 0.717) is 16.0 Å². The van der Waals surface area contributed by atoms with Crippen LogP contribution in [0, 0.1) is 0 Å². The molecule has 1 heterocycles. The van der Waals surface area contributed by atoms with Gasteiger partial charge in [-0.1, -0.05) is 47.8 Å². The Hall–Kier alpha value is -0.150. The number of rotatable bonds is 6. The topological polar surface area (TPSA) is 66.0 Å². The minimum absolute atomic E-state index is 0.239. The first-order valence-electron chi connectivity index (χ1n) is 5.20. The molecule has 1 aromatic heterocycles. The van der Waals surface area contributed by atoms with Gasteiger partial charge in [-0.05, 0) is 0 Å². The maximum Gasteiger partial charge on any atom is 0.336 e. The Balaban J connectivity index is 3.59. The molecule has 0 unspecified atom stereocenters. The second-order valence-electron chi connectivity index (χ2n) is 3.37. The molecule has 0 aliphatic rings. The van der Waals surface area contributed by atoms with Gasteiger partial charge in [-0.2, -0.15) is 0 Å². The lowest BCUT2D eigenvalue weighted by molar-refractivity contribution is 0.478. The summed E-state index contributed by atoms with van der Waals surface area (Å²) in [4.78, 5) is 36.0. The van der Waals surface area contributed by atoms with Crippen LogP contribution in [0.1, 0.15) is 0 Å². The van der Waals surface area contributed by atoms with E-state index in [2.05, 4.69) is 47.8 Å². The molecule has 0 N–H and O–H groups in total. The van der Waals surface area contributed by atoms with Gasteiger partial charge in [0.25, 0.3) is 0 Å². The molecule has 1 rings (SSSR count). The van der Waals surface area contributed by atoms with Gasteiger partial charge < -0.3 is 0 Å². The average Bonchev–Trinajstić information content (AvgIpc) is 2.35. The Morgan fingerprint density at radius 3 is 1.00 bits per heavy atom. The molecule has 0 atom stereocenters. The summed E-state index contributed by atoms with van der Waals surface area (Å²) >= 11 is 9.56. The van der Waals surface area contributed by atoms with Gasteiger partial charge in [0.05, 0.1) is 0 Å². The summed E-state index contributed by atoms with van der Waals surface area (Å²) in [5.74, 6) is 0. The fourth-order valence-corrected chi connectivity index (χ4v) is 2.57. The number of alkyl halides is 3. The van der Waals surface area contributed by atoms with Gasteiger partial charge in [0.15, 0.2) is 0 Å². The zero-order chi connectivity index (χ0) is 13.7. The second kappa shape index (κ2) is 7.44. The van der Waals surface area contributed by atoms with Gasteiger partial charge in [0.1, 0.15) is 0 Å². The zero-order valence-corrected chi connectivity index (χ0v) is 14.2. The lowest BCUT2D eigenvalue weighted by Gasteiger charge is -2.11. The Labute approximate surface area is 128 Å². The summed E-state index contributed by atoms with van der Waals surface area (Å²) in [6.45, 7) is 0.716. The Morgan fingerprint density at radius 1 is 0.611 bits per heavy atom. The minimum Gasteiger partial charge on any atom is -0.247 e. The molecule has 1 aromatic rings. The Morgan fingerprint density at radius 2 is 0.833 bits per heavy atom. The molecule has 0 saturated heterocycles. The predicted molar refractivity (Wildman–Crippen MR) is 80.6 cm³/mol. The van der Waals surface area contributed by atoms with Crippen LogP contribution in [0.25, 0.3) is 0 Å². The van der Waals surface area contributed by atoms with Gasteiger partial charge in [-0.3, -0.25) is 0 Å². The van der Waals surface area contributed by atoms with E-state index in [0.717, 1.165) is 13.7 Å². The van der Waals surface area contributed by atoms with E-state index in [9.17, 15) is 14.4 Å². The van der Waals surface area contributed by atoms with E-state index in [1.807, 2.05) is 0 Å². The van der Waals surface area contributed by atoms with E-state index < -0.39 is 17.1 Å². The first kappa shape index (κ1) is 15.9. The summed E-state index contributed by atoms with van der Waals surface area (Å²) in [6, 6.07) is 0. The number of hydrogen-bond donors (Lipinski definition) is 0. The Bertz CT molecular complexity index is 464. The summed E-state index contributed by atoms with van der Waals surface area (Å²) < 4.78 is 3.21. The number of nitrogens with zero attached hydrogens (tertiary/aromatic N) is 3. The van der Waals surface area contributed by atoms with Crippen LogP contribution < -0.4 is 17.1 Å². The summed E-state index contributed by atoms with van der Waals surface area (Å²) in [7, 11) is 0. The van der Waals surface area contributed by atoms with Crippen LogP contribution in [0.4, 0.5) is 0 Å². The molecule has 0 saturated carbocycles. The molecular formula is C9H12Br3N3O3. The van der Waals surface area contributed by atoms with Crippen LogP contribution in [-0.4, -0.2) is 29.7 Å². The van der Waals surface area contributed by atoms with Crippen molar-refractivity contribution in [1.82, 2.24) is 13.7 Å². The van der Waals surface area contributed by atoms with E-state index in [-0.39, 0.29) is 19.6 Å². The van der Waals surface area contributed by atoms with Gasteiger partial charge in [-0.15, -0.1) is 0 Å². The van der Waals surface area contributed by atoms with Gasteiger partial charge in [0, 0.05) is 35.6 Å². The molecule has 0 bridgehead atoms. The standard InChI is InChI=1S/C9H12Br3N3O3/c10-1-4-13-7(16)14(5-2-11)9(18)15(6-3-12)8(13)17/h1-6H2. The van der Waals surface area contributed by atoms with Gasteiger partial charge in [0.2, 0.25) is 0 Å². The summed E-state index contributed by atoms with van der Waals surface area (Å²) in [6.07, 6.45) is 0. The monoisotopic (exact) mass is 447 g/mol. The van der Waals surface area contributed by atoms with Crippen molar-refractivity contribution in [1.29, 1.82) is 0 Å². The van der Waals surface area contributed by atoms with E-state index in [1.54, 1.807) is 0 Å². The van der Waals surface area contributed by atoms with Crippen molar-refractivity contribution in [3.8, 4) is 0 Å². The highest BCUT2D eigenvalue weighted by molar-refractivity contribution is 9.09. The molecule has 0 fully saturated rings. The smallest absolute Gasteiger partial charge is 0.247 e. The number of hydrogen-bond acceptors (Lipinski definition) is 3. The van der Waals surface area contributed by atoms with Gasteiger partial charge in [-0.25, -0.2) is 28.1 Å². The number of aromatic nitrogens is 3. The highest BCUT2D eigenvalue weighted by Crippen LogP contribution is 1.86. The Kier molecular flexibility index (Phi) is 6.58. The molecule has 0 spiro atoms. The van der Waals surface area contributed by atoms with Crippen molar-refractivity contribution in [3.05, 3.63) is 31.5 Å². The fourth-order valence-electron chi connectivity index (χ4n) is 1.51. The molecule has 9 heteroatoms. The van der Waals surface area contributed by atoms with E-state index >= 15 is 0 Å². The van der Waals surface area contributed by atoms with E-state index in [4.69, 9.17) is 0 Å². The third kappa shape index (κ3) is 3.24. The normalized spacial score (nSPS) is 10.8. The van der Waals surface area contributed by atoms with Crippen molar-refractivity contribution in [3.63, 3.8) is 0 Å². The van der Waals surface area contributed by atoms with Crippen molar-refractivity contribution in [2.45, 2.75) is 19.6 Å². The first-order valence-corrected chi connectivity index (χ1v) is 8.57. The molecule has 0 aliphatic heterocycles. The molecule has 0 aromatic carbocycles. The zero-order valence-electron chi connectivity index (χ0n) is 9.44. The third-order valence-electron chi connectivity index (χ3n) is 2.31. The van der Waals surface area contributed by atoms with Crippen molar-refractivity contribution in [2.24, 2.45) is 0 Å².